The van der Waals surface area contributed by atoms with Crippen molar-refractivity contribution in [1.29, 1.82) is 0 Å². The molecule has 0 saturated heterocycles. The Kier molecular flexibility index (Phi) is 2.99. The zero-order chi connectivity index (χ0) is 11.7. The van der Waals surface area contributed by atoms with Crippen molar-refractivity contribution >= 4 is 29.0 Å². The molecule has 0 amide bonds. The Morgan fingerprint density at radius 3 is 2.69 bits per heavy atom. The summed E-state index contributed by atoms with van der Waals surface area (Å²) in [6.45, 7) is 0. The van der Waals surface area contributed by atoms with Crippen molar-refractivity contribution in [2.75, 3.05) is 0 Å². The highest BCUT2D eigenvalue weighted by molar-refractivity contribution is 6.37. The molecule has 2 aromatic rings. The summed E-state index contributed by atoms with van der Waals surface area (Å²) >= 11 is 11.7. The molecule has 16 heavy (non-hydrogen) atoms. The first-order valence-electron chi connectivity index (χ1n) is 4.56. The molecule has 0 spiro atoms. The number of carbonyl (C=O) groups excluding carboxylic acids is 1. The van der Waals surface area contributed by atoms with Gasteiger partial charge in [0.15, 0.2) is 5.82 Å². The Balaban J connectivity index is 2.46. The van der Waals surface area contributed by atoms with Gasteiger partial charge < -0.3 is 4.57 Å². The van der Waals surface area contributed by atoms with Gasteiger partial charge >= 0.3 is 0 Å². The first-order chi connectivity index (χ1) is 7.59. The molecular weight excluding hydrogens is 247 g/mol. The lowest BCUT2D eigenvalue weighted by Gasteiger charge is -2.03. The van der Waals surface area contributed by atoms with E-state index in [9.17, 15) is 4.79 Å². The number of hydrogen-bond donors (Lipinski definition) is 0. The van der Waals surface area contributed by atoms with E-state index < -0.39 is 0 Å². The van der Waals surface area contributed by atoms with E-state index in [1.165, 1.54) is 0 Å². The molecule has 82 valence electrons. The van der Waals surface area contributed by atoms with Crippen LogP contribution in [0.4, 0.5) is 0 Å². The monoisotopic (exact) mass is 254 g/mol. The molecule has 0 radical (unpaired) electrons. The van der Waals surface area contributed by atoms with Crippen LogP contribution in [0.3, 0.4) is 0 Å². The van der Waals surface area contributed by atoms with Gasteiger partial charge in [0.25, 0.3) is 0 Å². The molecule has 0 unspecified atom stereocenters. The van der Waals surface area contributed by atoms with Crippen LogP contribution >= 0.6 is 23.2 Å². The summed E-state index contributed by atoms with van der Waals surface area (Å²) in [6.07, 6.45) is 3.27. The van der Waals surface area contributed by atoms with Gasteiger partial charge in [-0.25, -0.2) is 4.98 Å². The second kappa shape index (κ2) is 4.28. The first kappa shape index (κ1) is 11.2. The zero-order valence-electron chi connectivity index (χ0n) is 8.45. The lowest BCUT2D eigenvalue weighted by Crippen LogP contribution is -2.09. The van der Waals surface area contributed by atoms with Crippen molar-refractivity contribution in [3.05, 3.63) is 52.0 Å². The number of ketones is 1. The zero-order valence-corrected chi connectivity index (χ0v) is 9.96. The molecule has 1 aromatic carbocycles. The second-order valence-corrected chi connectivity index (χ2v) is 4.16. The molecule has 1 heterocycles. The average molecular weight is 255 g/mol. The summed E-state index contributed by atoms with van der Waals surface area (Å²) < 4.78 is 1.65. The fourth-order valence-corrected chi connectivity index (χ4v) is 1.87. The van der Waals surface area contributed by atoms with Gasteiger partial charge in [-0.05, 0) is 18.2 Å². The lowest BCUT2D eigenvalue weighted by molar-refractivity contribution is 0.102. The van der Waals surface area contributed by atoms with Crippen LogP contribution in [0.15, 0.2) is 30.6 Å². The van der Waals surface area contributed by atoms with Crippen LogP contribution in [-0.2, 0) is 7.05 Å². The van der Waals surface area contributed by atoms with Gasteiger partial charge in [0.1, 0.15) is 0 Å². The Labute approximate surface area is 103 Å². The Morgan fingerprint density at radius 1 is 1.38 bits per heavy atom. The molecule has 0 aliphatic heterocycles. The van der Waals surface area contributed by atoms with E-state index in [1.807, 2.05) is 0 Å². The largest absolute Gasteiger partial charge is 0.331 e. The van der Waals surface area contributed by atoms with Crippen LogP contribution in [0, 0.1) is 0 Å². The number of hydrogen-bond acceptors (Lipinski definition) is 2. The molecular formula is C11H8Cl2N2O. The van der Waals surface area contributed by atoms with E-state index in [0.717, 1.165) is 0 Å². The third kappa shape index (κ3) is 1.96. The molecule has 0 aliphatic rings. The molecule has 0 atom stereocenters. The van der Waals surface area contributed by atoms with Crippen molar-refractivity contribution in [1.82, 2.24) is 9.55 Å². The van der Waals surface area contributed by atoms with E-state index in [4.69, 9.17) is 23.2 Å². The van der Waals surface area contributed by atoms with E-state index in [2.05, 4.69) is 4.98 Å². The van der Waals surface area contributed by atoms with E-state index >= 15 is 0 Å². The maximum absolute atomic E-state index is 12.0. The molecule has 0 aliphatic carbocycles. The van der Waals surface area contributed by atoms with Gasteiger partial charge in [-0.1, -0.05) is 23.2 Å². The third-order valence-corrected chi connectivity index (χ3v) is 2.75. The Hall–Kier alpha value is -1.32. The van der Waals surface area contributed by atoms with Gasteiger partial charge in [-0.15, -0.1) is 0 Å². The molecule has 0 bridgehead atoms. The molecule has 3 nitrogen and oxygen atoms in total. The summed E-state index contributed by atoms with van der Waals surface area (Å²) in [5.41, 5.74) is 0.403. The number of rotatable bonds is 2. The molecule has 5 heteroatoms. The predicted octanol–water partition coefficient (Wildman–Crippen LogP) is 2.96. The van der Waals surface area contributed by atoms with E-state index in [1.54, 1.807) is 42.2 Å². The highest BCUT2D eigenvalue weighted by Gasteiger charge is 2.16. The molecule has 2 rings (SSSR count). The summed E-state index contributed by atoms with van der Waals surface area (Å²) in [5.74, 6) is 0.137. The Bertz CT molecular complexity index is 549. The Morgan fingerprint density at radius 2 is 2.12 bits per heavy atom. The van der Waals surface area contributed by atoms with Crippen LogP contribution in [-0.4, -0.2) is 15.3 Å². The van der Waals surface area contributed by atoms with Crippen LogP contribution in [0.25, 0.3) is 0 Å². The lowest BCUT2D eigenvalue weighted by atomic mass is 10.1. The maximum Gasteiger partial charge on any atom is 0.229 e. The number of nitrogens with zero attached hydrogens (tertiary/aromatic N) is 2. The minimum atomic E-state index is -0.214. The first-order valence-corrected chi connectivity index (χ1v) is 5.32. The van der Waals surface area contributed by atoms with Crippen LogP contribution < -0.4 is 0 Å². The standard InChI is InChI=1S/C11H8Cl2N2O/c1-15-5-4-14-11(15)10(16)8-3-2-7(12)6-9(8)13/h2-6H,1H3. The third-order valence-electron chi connectivity index (χ3n) is 2.20. The number of carbonyl (C=O) groups is 1. The number of aromatic nitrogens is 2. The predicted molar refractivity (Wildman–Crippen MR) is 63.1 cm³/mol. The summed E-state index contributed by atoms with van der Waals surface area (Å²) in [5, 5.41) is 0.835. The maximum atomic E-state index is 12.0. The van der Waals surface area contributed by atoms with E-state index in [0.29, 0.717) is 21.4 Å². The molecule has 0 N–H and O–H groups in total. The summed E-state index contributed by atoms with van der Waals surface area (Å²) in [6, 6.07) is 4.77. The van der Waals surface area contributed by atoms with Crippen molar-refractivity contribution in [3.63, 3.8) is 0 Å². The quantitative estimate of drug-likeness (QED) is 0.773. The fraction of sp³-hybridized carbons (Fsp3) is 0.0909. The number of halogens is 2. The fourth-order valence-electron chi connectivity index (χ4n) is 1.38. The van der Waals surface area contributed by atoms with Gasteiger partial charge in [0, 0.05) is 30.0 Å². The van der Waals surface area contributed by atoms with Crippen LogP contribution in [0.5, 0.6) is 0 Å². The van der Waals surface area contributed by atoms with Crippen molar-refractivity contribution in [3.8, 4) is 0 Å². The number of aryl methyl sites for hydroxylation is 1. The van der Waals surface area contributed by atoms with Crippen LogP contribution in [0.1, 0.15) is 16.2 Å². The topological polar surface area (TPSA) is 34.9 Å². The minimum absolute atomic E-state index is 0.214. The van der Waals surface area contributed by atoms with Crippen molar-refractivity contribution in [2.24, 2.45) is 7.05 Å². The molecule has 0 saturated carbocycles. The summed E-state index contributed by atoms with van der Waals surface area (Å²) in [7, 11) is 1.75. The normalized spacial score (nSPS) is 10.4. The van der Waals surface area contributed by atoms with Gasteiger partial charge in [-0.2, -0.15) is 0 Å². The highest BCUT2D eigenvalue weighted by atomic mass is 35.5. The van der Waals surface area contributed by atoms with Gasteiger partial charge in [-0.3, -0.25) is 4.79 Å². The molecule has 1 aromatic heterocycles. The minimum Gasteiger partial charge on any atom is -0.331 e. The van der Waals surface area contributed by atoms with Crippen molar-refractivity contribution in [2.45, 2.75) is 0 Å². The van der Waals surface area contributed by atoms with Gasteiger partial charge in [0.05, 0.1) is 5.02 Å². The number of imidazole rings is 1. The second-order valence-electron chi connectivity index (χ2n) is 3.32. The smallest absolute Gasteiger partial charge is 0.229 e. The molecule has 0 fully saturated rings. The van der Waals surface area contributed by atoms with Crippen molar-refractivity contribution < 1.29 is 4.79 Å². The SMILES string of the molecule is Cn1ccnc1C(=O)c1ccc(Cl)cc1Cl. The highest BCUT2D eigenvalue weighted by Crippen LogP contribution is 2.22. The van der Waals surface area contributed by atoms with Gasteiger partial charge in [0.2, 0.25) is 5.78 Å². The summed E-state index contributed by atoms with van der Waals surface area (Å²) in [4.78, 5) is 16.0. The van der Waals surface area contributed by atoms with Crippen LogP contribution in [0.2, 0.25) is 10.0 Å². The average Bonchev–Trinajstić information content (AvgIpc) is 2.63. The van der Waals surface area contributed by atoms with E-state index in [-0.39, 0.29) is 5.78 Å². The number of benzene rings is 1.